The number of H-pyrrole nitrogens is 1. The molecule has 2 heterocycles. The molecule has 0 atom stereocenters. The molecule has 0 spiro atoms. The van der Waals surface area contributed by atoms with E-state index >= 15 is 0 Å². The number of carbonyl (C=O) groups excluding carboxylic acids is 1. The first kappa shape index (κ1) is 18.0. The van der Waals surface area contributed by atoms with Gasteiger partial charge in [0.05, 0.1) is 23.7 Å². The van der Waals surface area contributed by atoms with Crippen molar-refractivity contribution in [1.82, 2.24) is 9.55 Å². The number of para-hydroxylation sites is 1. The molecule has 4 rings (SSSR count). The summed E-state index contributed by atoms with van der Waals surface area (Å²) in [6.07, 6.45) is 1.75. The maximum atomic E-state index is 13.3. The van der Waals surface area contributed by atoms with Crippen LogP contribution in [0.2, 0.25) is 0 Å². The van der Waals surface area contributed by atoms with Crippen LogP contribution < -0.4 is 20.9 Å². The van der Waals surface area contributed by atoms with Crippen molar-refractivity contribution in [3.8, 4) is 5.75 Å². The Kier molecular flexibility index (Phi) is 4.50. The minimum Gasteiger partial charge on any atom is -0.495 e. The highest BCUT2D eigenvalue weighted by atomic mass is 16.5. The Morgan fingerprint density at radius 1 is 1.21 bits per heavy atom. The monoisotopic (exact) mass is 379 g/mol. The number of nitrogens with zero attached hydrogens (tertiary/aromatic N) is 2. The summed E-state index contributed by atoms with van der Waals surface area (Å²) in [6.45, 7) is 2.61. The van der Waals surface area contributed by atoms with Gasteiger partial charge < -0.3 is 14.6 Å². The molecule has 7 nitrogen and oxygen atoms in total. The van der Waals surface area contributed by atoms with E-state index < -0.39 is 5.69 Å². The van der Waals surface area contributed by atoms with Gasteiger partial charge in [0.15, 0.2) is 0 Å². The maximum Gasteiger partial charge on any atom is 0.328 e. The topological polar surface area (TPSA) is 84.4 Å². The third-order valence-corrected chi connectivity index (χ3v) is 5.19. The first-order valence-electron chi connectivity index (χ1n) is 9.29. The Morgan fingerprint density at radius 3 is 2.79 bits per heavy atom. The summed E-state index contributed by atoms with van der Waals surface area (Å²) < 4.78 is 6.61. The summed E-state index contributed by atoms with van der Waals surface area (Å²) in [5.41, 5.74) is 1.80. The van der Waals surface area contributed by atoms with Gasteiger partial charge in [0.1, 0.15) is 5.75 Å². The summed E-state index contributed by atoms with van der Waals surface area (Å²) in [7, 11) is 1.59. The number of aromatic amines is 1. The van der Waals surface area contributed by atoms with Gasteiger partial charge in [-0.05, 0) is 49.6 Å². The second kappa shape index (κ2) is 6.99. The highest BCUT2D eigenvalue weighted by Crippen LogP contribution is 2.37. The summed E-state index contributed by atoms with van der Waals surface area (Å²) in [6, 6.07) is 10.6. The summed E-state index contributed by atoms with van der Waals surface area (Å²) in [4.78, 5) is 42.2. The van der Waals surface area contributed by atoms with Gasteiger partial charge in [-0.2, -0.15) is 0 Å². The lowest BCUT2D eigenvalue weighted by Crippen LogP contribution is -2.36. The normalized spacial score (nSPS) is 13.4. The second-order valence-corrected chi connectivity index (χ2v) is 6.77. The van der Waals surface area contributed by atoms with Crippen LogP contribution in [-0.2, 0) is 13.0 Å². The summed E-state index contributed by atoms with van der Waals surface area (Å²) >= 11 is 0. The number of rotatable bonds is 3. The molecule has 144 valence electrons. The van der Waals surface area contributed by atoms with Crippen molar-refractivity contribution in [1.29, 1.82) is 0 Å². The zero-order valence-electron chi connectivity index (χ0n) is 15.8. The predicted molar refractivity (Wildman–Crippen MR) is 107 cm³/mol. The molecule has 0 bridgehead atoms. The van der Waals surface area contributed by atoms with Crippen molar-refractivity contribution >= 4 is 22.5 Å². The molecule has 1 aromatic heterocycles. The Labute approximate surface area is 161 Å². The molecule has 0 fully saturated rings. The van der Waals surface area contributed by atoms with Crippen LogP contribution in [0.4, 0.5) is 5.69 Å². The van der Waals surface area contributed by atoms with Crippen LogP contribution in [0, 0.1) is 0 Å². The van der Waals surface area contributed by atoms with E-state index in [1.807, 2.05) is 18.2 Å². The van der Waals surface area contributed by atoms with Crippen LogP contribution in [0.3, 0.4) is 0 Å². The molecule has 1 N–H and O–H groups in total. The summed E-state index contributed by atoms with van der Waals surface area (Å²) in [5.74, 6) is 0.471. The Morgan fingerprint density at radius 2 is 2.04 bits per heavy atom. The molecule has 0 radical (unpaired) electrons. The number of hydrogen-bond donors (Lipinski definition) is 1. The van der Waals surface area contributed by atoms with Crippen LogP contribution in [-0.4, -0.2) is 29.1 Å². The van der Waals surface area contributed by atoms with Gasteiger partial charge in [-0.3, -0.25) is 14.2 Å². The smallest absolute Gasteiger partial charge is 0.328 e. The van der Waals surface area contributed by atoms with Crippen LogP contribution in [0.15, 0.2) is 46.0 Å². The zero-order chi connectivity index (χ0) is 19.8. The fourth-order valence-electron chi connectivity index (χ4n) is 3.81. The van der Waals surface area contributed by atoms with E-state index in [0.29, 0.717) is 28.8 Å². The van der Waals surface area contributed by atoms with Crippen molar-refractivity contribution in [2.45, 2.75) is 26.3 Å². The average molecular weight is 379 g/mol. The van der Waals surface area contributed by atoms with Crippen molar-refractivity contribution in [3.63, 3.8) is 0 Å². The second-order valence-electron chi connectivity index (χ2n) is 6.77. The average Bonchev–Trinajstić information content (AvgIpc) is 2.72. The third kappa shape index (κ3) is 2.79. The number of ether oxygens (including phenoxy) is 1. The van der Waals surface area contributed by atoms with Gasteiger partial charge in [-0.25, -0.2) is 4.79 Å². The number of fused-ring (bicyclic) bond motifs is 2. The minimum absolute atomic E-state index is 0.187. The molecule has 1 amide bonds. The molecule has 0 aliphatic carbocycles. The number of aromatic nitrogens is 2. The Bertz CT molecular complexity index is 1180. The van der Waals surface area contributed by atoms with Gasteiger partial charge in [-0.15, -0.1) is 0 Å². The van der Waals surface area contributed by atoms with E-state index in [0.717, 1.165) is 28.7 Å². The molecule has 7 heteroatoms. The van der Waals surface area contributed by atoms with Crippen LogP contribution >= 0.6 is 0 Å². The van der Waals surface area contributed by atoms with Crippen molar-refractivity contribution < 1.29 is 9.53 Å². The van der Waals surface area contributed by atoms with Gasteiger partial charge in [-0.1, -0.05) is 12.1 Å². The molecule has 2 aromatic carbocycles. The number of hydrogen-bond acceptors (Lipinski definition) is 4. The minimum atomic E-state index is -0.477. The molecule has 1 aliphatic rings. The number of carbonyl (C=O) groups is 1. The molecular weight excluding hydrogens is 358 g/mol. The summed E-state index contributed by atoms with van der Waals surface area (Å²) in [5, 5.41) is 0.384. The highest BCUT2D eigenvalue weighted by molar-refractivity contribution is 6.09. The van der Waals surface area contributed by atoms with Crippen LogP contribution in [0.1, 0.15) is 29.3 Å². The fourth-order valence-corrected chi connectivity index (χ4v) is 3.81. The van der Waals surface area contributed by atoms with Gasteiger partial charge in [0.25, 0.3) is 11.5 Å². The van der Waals surface area contributed by atoms with Gasteiger partial charge in [0, 0.05) is 18.7 Å². The Balaban J connectivity index is 1.81. The van der Waals surface area contributed by atoms with Crippen molar-refractivity contribution in [2.24, 2.45) is 0 Å². The standard InChI is InChI=1S/C21H21N3O4/c1-3-23-20(26)15-10-9-14(12-16(15)22-21(23)27)19(25)24-11-5-7-13-6-4-8-17(28-2)18(13)24/h4,6,8-10,12H,3,5,7,11H2,1-2H3,(H,22,27). The number of anilines is 1. The number of aryl methyl sites for hydroxylation is 1. The highest BCUT2D eigenvalue weighted by Gasteiger charge is 2.27. The van der Waals surface area contributed by atoms with E-state index in [-0.39, 0.29) is 18.0 Å². The SMILES string of the molecule is CCn1c(=O)[nH]c2cc(C(=O)N3CCCc4cccc(OC)c43)ccc2c1=O. The first-order valence-corrected chi connectivity index (χ1v) is 9.29. The number of benzene rings is 2. The lowest BCUT2D eigenvalue weighted by molar-refractivity contribution is 0.0984. The van der Waals surface area contributed by atoms with Crippen molar-refractivity contribution in [2.75, 3.05) is 18.6 Å². The van der Waals surface area contributed by atoms with Gasteiger partial charge >= 0.3 is 5.69 Å². The molecule has 0 saturated heterocycles. The van der Waals surface area contributed by atoms with E-state index in [9.17, 15) is 14.4 Å². The van der Waals surface area contributed by atoms with E-state index in [1.165, 1.54) is 0 Å². The molecule has 0 unspecified atom stereocenters. The molecule has 3 aromatic rings. The quantitative estimate of drug-likeness (QED) is 0.757. The third-order valence-electron chi connectivity index (χ3n) is 5.19. The lowest BCUT2D eigenvalue weighted by atomic mass is 9.99. The first-order chi connectivity index (χ1) is 13.5. The molecule has 0 saturated carbocycles. The number of nitrogens with one attached hydrogen (secondary N) is 1. The van der Waals surface area contributed by atoms with E-state index in [2.05, 4.69) is 4.98 Å². The van der Waals surface area contributed by atoms with Crippen LogP contribution in [0.25, 0.3) is 10.9 Å². The van der Waals surface area contributed by atoms with Crippen molar-refractivity contribution in [3.05, 3.63) is 68.4 Å². The van der Waals surface area contributed by atoms with Crippen LogP contribution in [0.5, 0.6) is 5.75 Å². The zero-order valence-corrected chi connectivity index (χ0v) is 15.8. The predicted octanol–water partition coefficient (Wildman–Crippen LogP) is 2.31. The molecule has 28 heavy (non-hydrogen) atoms. The van der Waals surface area contributed by atoms with E-state index in [4.69, 9.17) is 4.74 Å². The maximum absolute atomic E-state index is 13.3. The largest absolute Gasteiger partial charge is 0.495 e. The number of methoxy groups -OCH3 is 1. The van der Waals surface area contributed by atoms with E-state index in [1.54, 1.807) is 37.1 Å². The van der Waals surface area contributed by atoms with Gasteiger partial charge in [0.2, 0.25) is 0 Å². The lowest BCUT2D eigenvalue weighted by Gasteiger charge is -2.31. The number of amides is 1. The molecule has 1 aliphatic heterocycles. The fraction of sp³-hybridized carbons (Fsp3) is 0.286. The Hall–Kier alpha value is -3.35. The molecular formula is C21H21N3O4.